The number of morpholine rings is 1. The first kappa shape index (κ1) is 19.7. The fourth-order valence-electron chi connectivity index (χ4n) is 4.20. The Morgan fingerprint density at radius 1 is 1.06 bits per heavy atom. The first-order chi connectivity index (χ1) is 15.3. The molecule has 1 aliphatic carbocycles. The molecular formula is C22H27N7O2. The van der Waals surface area contributed by atoms with Crippen LogP contribution in [0.4, 0.5) is 17.6 Å². The van der Waals surface area contributed by atoms with Gasteiger partial charge in [0.25, 0.3) is 5.91 Å². The molecule has 0 aromatic carbocycles. The fraction of sp³-hybridized carbons (Fsp3) is 0.455. The summed E-state index contributed by atoms with van der Waals surface area (Å²) < 4.78 is 7.13. The fourth-order valence-corrected chi connectivity index (χ4v) is 4.20. The van der Waals surface area contributed by atoms with E-state index in [-0.39, 0.29) is 11.9 Å². The number of ether oxygens (including phenoxy) is 1. The minimum absolute atomic E-state index is 0.278. The van der Waals surface area contributed by atoms with Gasteiger partial charge in [-0.2, -0.15) is 9.50 Å². The number of rotatable bonds is 5. The van der Waals surface area contributed by atoms with Crippen molar-refractivity contribution < 1.29 is 9.53 Å². The first-order valence-corrected chi connectivity index (χ1v) is 11.0. The Balaban J connectivity index is 1.28. The van der Waals surface area contributed by atoms with E-state index in [0.717, 1.165) is 24.7 Å². The molecule has 162 valence electrons. The van der Waals surface area contributed by atoms with E-state index in [4.69, 9.17) is 4.74 Å². The summed E-state index contributed by atoms with van der Waals surface area (Å²) in [5.74, 6) is 1.75. The Hall–Kier alpha value is -3.20. The molecule has 9 heteroatoms. The van der Waals surface area contributed by atoms with Crippen molar-refractivity contribution >= 4 is 29.1 Å². The van der Waals surface area contributed by atoms with E-state index in [0.29, 0.717) is 30.5 Å². The summed E-state index contributed by atoms with van der Waals surface area (Å²) in [4.78, 5) is 23.7. The van der Waals surface area contributed by atoms with Gasteiger partial charge >= 0.3 is 0 Å². The second-order valence-corrected chi connectivity index (χ2v) is 8.05. The maximum Gasteiger partial charge on any atom is 0.259 e. The SMILES string of the molecule is O=C(Nc1nc2cccc(NC3CCCCC3)n2n1)c1ccc(N2CCOCC2)nc1. The summed E-state index contributed by atoms with van der Waals surface area (Å²) >= 11 is 0. The third kappa shape index (κ3) is 4.46. The van der Waals surface area contributed by atoms with Gasteiger partial charge in [-0.15, -0.1) is 5.10 Å². The van der Waals surface area contributed by atoms with Crippen molar-refractivity contribution in [2.45, 2.75) is 38.1 Å². The van der Waals surface area contributed by atoms with Crippen molar-refractivity contribution in [2.75, 3.05) is 41.8 Å². The van der Waals surface area contributed by atoms with Gasteiger partial charge in [0.2, 0.25) is 5.95 Å². The molecule has 2 N–H and O–H groups in total. The van der Waals surface area contributed by atoms with Crippen molar-refractivity contribution in [3.05, 3.63) is 42.1 Å². The summed E-state index contributed by atoms with van der Waals surface area (Å²) in [5, 5.41) is 10.9. The van der Waals surface area contributed by atoms with Crippen LogP contribution >= 0.6 is 0 Å². The van der Waals surface area contributed by atoms with Gasteiger partial charge in [0.05, 0.1) is 18.8 Å². The standard InChI is InChI=1S/C22H27N7O2/c30-21(16-9-10-18(23-15-16)28-11-13-31-14-12-28)26-22-25-20-8-4-7-19(29(20)27-22)24-17-5-2-1-3-6-17/h4,7-10,15,17,24H,1-3,5-6,11-14H2,(H,26,27,30). The molecule has 0 radical (unpaired) electrons. The molecule has 0 atom stereocenters. The van der Waals surface area contributed by atoms with Crippen LogP contribution in [-0.4, -0.2) is 57.8 Å². The maximum absolute atomic E-state index is 12.7. The number of carbonyl (C=O) groups excluding carboxylic acids is 1. The van der Waals surface area contributed by atoms with Crippen LogP contribution in [0.3, 0.4) is 0 Å². The highest BCUT2D eigenvalue weighted by Gasteiger charge is 2.17. The highest BCUT2D eigenvalue weighted by Crippen LogP contribution is 2.22. The lowest BCUT2D eigenvalue weighted by molar-refractivity contribution is 0.102. The third-order valence-corrected chi connectivity index (χ3v) is 5.89. The van der Waals surface area contributed by atoms with Gasteiger partial charge < -0.3 is 15.0 Å². The Morgan fingerprint density at radius 2 is 1.90 bits per heavy atom. The lowest BCUT2D eigenvalue weighted by atomic mass is 9.95. The average molecular weight is 422 g/mol. The van der Waals surface area contributed by atoms with E-state index in [2.05, 4.69) is 30.6 Å². The molecule has 1 aliphatic heterocycles. The molecule has 3 aromatic heterocycles. The van der Waals surface area contributed by atoms with Gasteiger partial charge in [-0.05, 0) is 37.1 Å². The maximum atomic E-state index is 12.7. The third-order valence-electron chi connectivity index (χ3n) is 5.89. The van der Waals surface area contributed by atoms with Gasteiger partial charge in [-0.25, -0.2) is 4.98 Å². The normalized spacial score (nSPS) is 17.6. The second kappa shape index (κ2) is 8.89. The Morgan fingerprint density at radius 3 is 2.68 bits per heavy atom. The first-order valence-electron chi connectivity index (χ1n) is 11.0. The predicted octanol–water partition coefficient (Wildman–Crippen LogP) is 2.96. The second-order valence-electron chi connectivity index (χ2n) is 8.05. The molecule has 0 spiro atoms. The molecule has 5 rings (SSSR count). The molecule has 3 aromatic rings. The zero-order valence-corrected chi connectivity index (χ0v) is 17.5. The summed E-state index contributed by atoms with van der Waals surface area (Å²) in [5.41, 5.74) is 1.16. The number of hydrogen-bond acceptors (Lipinski definition) is 7. The molecule has 1 saturated heterocycles. The van der Waals surface area contributed by atoms with Gasteiger partial charge in [0.1, 0.15) is 11.6 Å². The summed E-state index contributed by atoms with van der Waals surface area (Å²) in [6.07, 6.45) is 7.75. The quantitative estimate of drug-likeness (QED) is 0.654. The van der Waals surface area contributed by atoms with Gasteiger partial charge in [0, 0.05) is 25.3 Å². The Labute approximate surface area is 180 Å². The van der Waals surface area contributed by atoms with E-state index >= 15 is 0 Å². The summed E-state index contributed by atoms with van der Waals surface area (Å²) in [6, 6.07) is 9.93. The zero-order chi connectivity index (χ0) is 21.0. The average Bonchev–Trinajstić information content (AvgIpc) is 3.24. The Kier molecular flexibility index (Phi) is 5.66. The van der Waals surface area contributed by atoms with E-state index in [9.17, 15) is 4.79 Å². The van der Waals surface area contributed by atoms with Gasteiger partial charge in [-0.3, -0.25) is 10.1 Å². The van der Waals surface area contributed by atoms with E-state index in [1.807, 2.05) is 24.3 Å². The van der Waals surface area contributed by atoms with Crippen LogP contribution in [0.5, 0.6) is 0 Å². The molecule has 9 nitrogen and oxygen atoms in total. The molecule has 4 heterocycles. The molecular weight excluding hydrogens is 394 g/mol. The summed E-state index contributed by atoms with van der Waals surface area (Å²) in [6.45, 7) is 3.00. The summed E-state index contributed by atoms with van der Waals surface area (Å²) in [7, 11) is 0. The van der Waals surface area contributed by atoms with Gasteiger partial charge in [-0.1, -0.05) is 25.3 Å². The Bertz CT molecular complexity index is 1040. The van der Waals surface area contributed by atoms with Crippen LogP contribution in [0.2, 0.25) is 0 Å². The van der Waals surface area contributed by atoms with Crippen LogP contribution < -0.4 is 15.5 Å². The molecule has 2 aliphatic rings. The molecule has 1 amide bonds. The lowest BCUT2D eigenvalue weighted by Crippen LogP contribution is -2.36. The predicted molar refractivity (Wildman–Crippen MR) is 119 cm³/mol. The lowest BCUT2D eigenvalue weighted by Gasteiger charge is -2.27. The minimum atomic E-state index is -0.279. The zero-order valence-electron chi connectivity index (χ0n) is 17.5. The van der Waals surface area contributed by atoms with Crippen molar-refractivity contribution in [3.63, 3.8) is 0 Å². The number of anilines is 3. The van der Waals surface area contributed by atoms with Crippen LogP contribution in [0, 0.1) is 0 Å². The van der Waals surface area contributed by atoms with E-state index in [1.165, 1.54) is 32.1 Å². The molecule has 1 saturated carbocycles. The van der Waals surface area contributed by atoms with Crippen molar-refractivity contribution in [1.29, 1.82) is 0 Å². The number of carbonyl (C=O) groups is 1. The highest BCUT2D eigenvalue weighted by atomic mass is 16.5. The number of hydrogen-bond donors (Lipinski definition) is 2. The topological polar surface area (TPSA) is 96.7 Å². The largest absolute Gasteiger partial charge is 0.378 e. The molecule has 0 unspecified atom stereocenters. The monoisotopic (exact) mass is 421 g/mol. The number of fused-ring (bicyclic) bond motifs is 1. The van der Waals surface area contributed by atoms with Crippen LogP contribution in [0.1, 0.15) is 42.5 Å². The number of amides is 1. The van der Waals surface area contributed by atoms with E-state index in [1.54, 1.807) is 16.8 Å². The van der Waals surface area contributed by atoms with Gasteiger partial charge in [0.15, 0.2) is 5.65 Å². The highest BCUT2D eigenvalue weighted by molar-refractivity contribution is 6.03. The van der Waals surface area contributed by atoms with E-state index < -0.39 is 0 Å². The molecule has 0 bridgehead atoms. The van der Waals surface area contributed by atoms with Crippen molar-refractivity contribution in [2.24, 2.45) is 0 Å². The molecule has 2 fully saturated rings. The van der Waals surface area contributed by atoms with Crippen molar-refractivity contribution in [3.8, 4) is 0 Å². The van der Waals surface area contributed by atoms with Crippen LogP contribution in [-0.2, 0) is 4.74 Å². The number of nitrogens with one attached hydrogen (secondary N) is 2. The smallest absolute Gasteiger partial charge is 0.259 e. The number of nitrogens with zero attached hydrogens (tertiary/aromatic N) is 5. The number of aromatic nitrogens is 4. The van der Waals surface area contributed by atoms with Crippen LogP contribution in [0.15, 0.2) is 36.5 Å². The molecule has 31 heavy (non-hydrogen) atoms. The van der Waals surface area contributed by atoms with Crippen LogP contribution in [0.25, 0.3) is 5.65 Å². The minimum Gasteiger partial charge on any atom is -0.378 e. The van der Waals surface area contributed by atoms with Crippen molar-refractivity contribution in [1.82, 2.24) is 19.6 Å². The number of pyridine rings is 2.